The third-order valence-electron chi connectivity index (χ3n) is 3.24. The fourth-order valence-electron chi connectivity index (χ4n) is 2.19. The van der Waals surface area contributed by atoms with Gasteiger partial charge in [-0.2, -0.15) is 4.98 Å². The van der Waals surface area contributed by atoms with E-state index < -0.39 is 0 Å². The lowest BCUT2D eigenvalue weighted by Crippen LogP contribution is -2.35. The number of aromatic nitrogens is 2. The Bertz CT molecular complexity index is 357. The zero-order valence-corrected chi connectivity index (χ0v) is 9.80. The molecule has 2 aliphatic heterocycles. The molecule has 94 valence electrons. The van der Waals surface area contributed by atoms with E-state index in [2.05, 4.69) is 15.0 Å². The molecule has 6 heteroatoms. The number of nitrogens with zero attached hydrogens (tertiary/aromatic N) is 3. The van der Waals surface area contributed by atoms with Crippen LogP contribution >= 0.6 is 0 Å². The molecule has 0 spiro atoms. The van der Waals surface area contributed by atoms with Gasteiger partial charge in [0, 0.05) is 25.6 Å². The van der Waals surface area contributed by atoms with Crippen molar-refractivity contribution in [1.29, 1.82) is 0 Å². The molecule has 0 N–H and O–H groups in total. The minimum absolute atomic E-state index is 0.317. The standard InChI is InChI=1S/C11H17N3O3/c1-4-16-8-9(1)11-12-10(17-13-11)7-14-2-5-15-6-3-14/h9H,1-8H2/t9-/m1/s1. The van der Waals surface area contributed by atoms with Gasteiger partial charge in [0.2, 0.25) is 5.89 Å². The van der Waals surface area contributed by atoms with Gasteiger partial charge in [0.15, 0.2) is 5.82 Å². The van der Waals surface area contributed by atoms with Crippen LogP contribution in [0.4, 0.5) is 0 Å². The van der Waals surface area contributed by atoms with E-state index in [0.717, 1.165) is 58.3 Å². The molecule has 6 nitrogen and oxygen atoms in total. The average Bonchev–Trinajstić information content (AvgIpc) is 3.00. The molecule has 2 saturated heterocycles. The molecule has 3 heterocycles. The Kier molecular flexibility index (Phi) is 3.35. The van der Waals surface area contributed by atoms with Crippen molar-refractivity contribution in [3.63, 3.8) is 0 Å². The maximum absolute atomic E-state index is 5.32. The van der Waals surface area contributed by atoms with Crippen LogP contribution in [-0.2, 0) is 16.0 Å². The Morgan fingerprint density at radius 3 is 2.82 bits per heavy atom. The third kappa shape index (κ3) is 2.65. The minimum atomic E-state index is 0.317. The van der Waals surface area contributed by atoms with E-state index in [-0.39, 0.29) is 0 Å². The predicted molar refractivity (Wildman–Crippen MR) is 58.6 cm³/mol. The highest BCUT2D eigenvalue weighted by atomic mass is 16.5. The lowest BCUT2D eigenvalue weighted by Gasteiger charge is -2.24. The summed E-state index contributed by atoms with van der Waals surface area (Å²) in [6.07, 6.45) is 0.997. The second-order valence-corrected chi connectivity index (χ2v) is 4.50. The molecule has 0 unspecified atom stereocenters. The highest BCUT2D eigenvalue weighted by Gasteiger charge is 2.23. The van der Waals surface area contributed by atoms with Gasteiger partial charge in [-0.05, 0) is 6.42 Å². The maximum Gasteiger partial charge on any atom is 0.240 e. The first kappa shape index (κ1) is 11.1. The zero-order valence-electron chi connectivity index (χ0n) is 9.80. The Balaban J connectivity index is 1.59. The maximum atomic E-state index is 5.32. The first-order valence-electron chi connectivity index (χ1n) is 6.12. The van der Waals surface area contributed by atoms with Gasteiger partial charge >= 0.3 is 0 Å². The van der Waals surface area contributed by atoms with Crippen LogP contribution in [0.2, 0.25) is 0 Å². The molecular formula is C11H17N3O3. The lowest BCUT2D eigenvalue weighted by atomic mass is 10.1. The summed E-state index contributed by atoms with van der Waals surface area (Å²) in [6.45, 7) is 5.70. The average molecular weight is 239 g/mol. The molecule has 17 heavy (non-hydrogen) atoms. The molecule has 0 aliphatic carbocycles. The number of hydrogen-bond donors (Lipinski definition) is 0. The first-order chi connectivity index (χ1) is 8.42. The minimum Gasteiger partial charge on any atom is -0.381 e. The molecule has 1 atom stereocenters. The summed E-state index contributed by atoms with van der Waals surface area (Å²) in [6, 6.07) is 0. The number of hydrogen-bond acceptors (Lipinski definition) is 6. The number of rotatable bonds is 3. The van der Waals surface area contributed by atoms with Gasteiger partial charge in [0.05, 0.1) is 26.4 Å². The van der Waals surface area contributed by atoms with Crippen LogP contribution in [-0.4, -0.2) is 54.6 Å². The van der Waals surface area contributed by atoms with Crippen LogP contribution < -0.4 is 0 Å². The van der Waals surface area contributed by atoms with E-state index in [1.807, 2.05) is 0 Å². The van der Waals surface area contributed by atoms with Gasteiger partial charge in [-0.1, -0.05) is 5.16 Å². The second-order valence-electron chi connectivity index (χ2n) is 4.50. The quantitative estimate of drug-likeness (QED) is 0.761. The SMILES string of the molecule is C1CN(Cc2nc([C@@H]3CCOC3)no2)CCO1. The second kappa shape index (κ2) is 5.12. The summed E-state index contributed by atoms with van der Waals surface area (Å²) in [5, 5.41) is 4.04. The van der Waals surface area contributed by atoms with Gasteiger partial charge < -0.3 is 14.0 Å². The molecule has 2 fully saturated rings. The van der Waals surface area contributed by atoms with Gasteiger partial charge in [-0.15, -0.1) is 0 Å². The molecule has 0 aromatic carbocycles. The highest BCUT2D eigenvalue weighted by molar-refractivity contribution is 4.97. The van der Waals surface area contributed by atoms with Crippen LogP contribution in [0.15, 0.2) is 4.52 Å². The van der Waals surface area contributed by atoms with Crippen LogP contribution in [0.25, 0.3) is 0 Å². The van der Waals surface area contributed by atoms with Crippen molar-refractivity contribution in [2.24, 2.45) is 0 Å². The van der Waals surface area contributed by atoms with Crippen molar-refractivity contribution in [1.82, 2.24) is 15.0 Å². The van der Waals surface area contributed by atoms with Crippen molar-refractivity contribution in [2.45, 2.75) is 18.9 Å². The van der Waals surface area contributed by atoms with Crippen LogP contribution in [0.3, 0.4) is 0 Å². The van der Waals surface area contributed by atoms with E-state index in [4.69, 9.17) is 14.0 Å². The molecule has 0 bridgehead atoms. The molecule has 1 aromatic rings. The van der Waals surface area contributed by atoms with E-state index in [1.165, 1.54) is 0 Å². The Morgan fingerprint density at radius 1 is 1.18 bits per heavy atom. The molecule has 0 amide bonds. The Labute approximate surface area is 99.9 Å². The van der Waals surface area contributed by atoms with E-state index in [0.29, 0.717) is 11.8 Å². The number of ether oxygens (including phenoxy) is 2. The fraction of sp³-hybridized carbons (Fsp3) is 0.818. The smallest absolute Gasteiger partial charge is 0.240 e. The van der Waals surface area contributed by atoms with Crippen molar-refractivity contribution in [2.75, 3.05) is 39.5 Å². The fourth-order valence-corrected chi connectivity index (χ4v) is 2.19. The van der Waals surface area contributed by atoms with E-state index in [9.17, 15) is 0 Å². The van der Waals surface area contributed by atoms with Crippen LogP contribution in [0, 0.1) is 0 Å². The molecule has 3 rings (SSSR count). The zero-order chi connectivity index (χ0) is 11.5. The molecule has 2 aliphatic rings. The van der Waals surface area contributed by atoms with Crippen molar-refractivity contribution in [3.05, 3.63) is 11.7 Å². The van der Waals surface area contributed by atoms with Crippen molar-refractivity contribution in [3.8, 4) is 0 Å². The topological polar surface area (TPSA) is 60.6 Å². The Hall–Kier alpha value is -0.980. The molecule has 1 aromatic heterocycles. The van der Waals surface area contributed by atoms with Gasteiger partial charge in [0.25, 0.3) is 0 Å². The van der Waals surface area contributed by atoms with Crippen LogP contribution in [0.5, 0.6) is 0 Å². The summed E-state index contributed by atoms with van der Waals surface area (Å²) < 4.78 is 15.9. The summed E-state index contributed by atoms with van der Waals surface area (Å²) in [7, 11) is 0. The number of morpholine rings is 1. The lowest BCUT2D eigenvalue weighted by molar-refractivity contribution is 0.0297. The van der Waals surface area contributed by atoms with Crippen LogP contribution in [0.1, 0.15) is 24.1 Å². The third-order valence-corrected chi connectivity index (χ3v) is 3.24. The molecule has 0 saturated carbocycles. The summed E-state index contributed by atoms with van der Waals surface area (Å²) in [4.78, 5) is 6.72. The summed E-state index contributed by atoms with van der Waals surface area (Å²) in [5.74, 6) is 1.82. The van der Waals surface area contributed by atoms with Gasteiger partial charge in [-0.3, -0.25) is 4.90 Å². The van der Waals surface area contributed by atoms with Gasteiger partial charge in [-0.25, -0.2) is 0 Å². The van der Waals surface area contributed by atoms with E-state index >= 15 is 0 Å². The summed E-state index contributed by atoms with van der Waals surface area (Å²) >= 11 is 0. The summed E-state index contributed by atoms with van der Waals surface area (Å²) in [5.41, 5.74) is 0. The van der Waals surface area contributed by atoms with E-state index in [1.54, 1.807) is 0 Å². The molecule has 0 radical (unpaired) electrons. The first-order valence-corrected chi connectivity index (χ1v) is 6.12. The van der Waals surface area contributed by atoms with Crippen molar-refractivity contribution < 1.29 is 14.0 Å². The monoisotopic (exact) mass is 239 g/mol. The Morgan fingerprint density at radius 2 is 2.06 bits per heavy atom. The van der Waals surface area contributed by atoms with Gasteiger partial charge in [0.1, 0.15) is 0 Å². The molecular weight excluding hydrogens is 222 g/mol. The predicted octanol–water partition coefficient (Wildman–Crippen LogP) is 0.406. The normalized spacial score (nSPS) is 26.5. The largest absolute Gasteiger partial charge is 0.381 e. The van der Waals surface area contributed by atoms with Crippen molar-refractivity contribution >= 4 is 0 Å². The highest BCUT2D eigenvalue weighted by Crippen LogP contribution is 2.22.